The summed E-state index contributed by atoms with van der Waals surface area (Å²) < 4.78 is 27.4. The monoisotopic (exact) mass is 352 g/mol. The second kappa shape index (κ2) is 7.73. The standard InChI is InChI=1S/C18H18F2N2O.ClH/c19-14-6-3-12(4-7-14)13-5-8-16(17(20)10-13)18(23)22-9-1-2-15(22)11-21;/h3-8,10,15H,1-2,9,11,21H2;1H. The molecule has 128 valence electrons. The maximum Gasteiger partial charge on any atom is 0.257 e. The first-order chi connectivity index (χ1) is 11.1. The molecule has 0 spiro atoms. The predicted molar refractivity (Wildman–Crippen MR) is 92.2 cm³/mol. The summed E-state index contributed by atoms with van der Waals surface area (Å²) in [6, 6.07) is 10.3. The van der Waals surface area contributed by atoms with E-state index >= 15 is 0 Å². The second-order valence-electron chi connectivity index (χ2n) is 5.73. The highest BCUT2D eigenvalue weighted by Gasteiger charge is 2.29. The molecule has 0 saturated carbocycles. The third-order valence-electron chi connectivity index (χ3n) is 4.29. The molecule has 2 aromatic carbocycles. The first-order valence-electron chi connectivity index (χ1n) is 7.66. The van der Waals surface area contributed by atoms with E-state index < -0.39 is 5.82 Å². The molecule has 0 aliphatic carbocycles. The second-order valence-corrected chi connectivity index (χ2v) is 5.73. The van der Waals surface area contributed by atoms with Gasteiger partial charge < -0.3 is 10.6 Å². The van der Waals surface area contributed by atoms with Gasteiger partial charge in [-0.25, -0.2) is 8.78 Å². The topological polar surface area (TPSA) is 46.3 Å². The average Bonchev–Trinajstić information content (AvgIpc) is 3.03. The molecule has 24 heavy (non-hydrogen) atoms. The first kappa shape index (κ1) is 18.4. The highest BCUT2D eigenvalue weighted by atomic mass is 35.5. The Kier molecular flexibility index (Phi) is 5.91. The van der Waals surface area contributed by atoms with E-state index in [1.807, 2.05) is 0 Å². The van der Waals surface area contributed by atoms with Crippen LogP contribution in [0.5, 0.6) is 0 Å². The highest BCUT2D eigenvalue weighted by Crippen LogP contribution is 2.25. The van der Waals surface area contributed by atoms with Gasteiger partial charge in [0.1, 0.15) is 11.6 Å². The van der Waals surface area contributed by atoms with Gasteiger partial charge in [-0.1, -0.05) is 18.2 Å². The van der Waals surface area contributed by atoms with Gasteiger partial charge in [0.15, 0.2) is 0 Å². The Bertz CT molecular complexity index is 721. The zero-order valence-corrected chi connectivity index (χ0v) is 13.9. The molecule has 1 amide bonds. The van der Waals surface area contributed by atoms with Crippen molar-refractivity contribution in [3.8, 4) is 11.1 Å². The number of nitrogens with two attached hydrogens (primary N) is 1. The molecule has 1 fully saturated rings. The van der Waals surface area contributed by atoms with Gasteiger partial charge in [-0.2, -0.15) is 0 Å². The minimum absolute atomic E-state index is 0. The quantitative estimate of drug-likeness (QED) is 0.917. The van der Waals surface area contributed by atoms with Crippen molar-refractivity contribution >= 4 is 18.3 Å². The van der Waals surface area contributed by atoms with Gasteiger partial charge in [0.05, 0.1) is 5.56 Å². The van der Waals surface area contributed by atoms with Crippen molar-refractivity contribution in [3.05, 3.63) is 59.7 Å². The van der Waals surface area contributed by atoms with Crippen molar-refractivity contribution in [1.82, 2.24) is 4.90 Å². The molecular weight excluding hydrogens is 334 g/mol. The number of hydrogen-bond acceptors (Lipinski definition) is 2. The number of carbonyl (C=O) groups excluding carboxylic acids is 1. The van der Waals surface area contributed by atoms with Crippen LogP contribution in [-0.4, -0.2) is 29.9 Å². The third kappa shape index (κ3) is 3.57. The summed E-state index contributed by atoms with van der Waals surface area (Å²) in [5, 5.41) is 0. The van der Waals surface area contributed by atoms with Gasteiger partial charge in [0, 0.05) is 19.1 Å². The zero-order valence-electron chi connectivity index (χ0n) is 13.0. The molecule has 1 aliphatic heterocycles. The van der Waals surface area contributed by atoms with E-state index in [4.69, 9.17) is 5.73 Å². The summed E-state index contributed by atoms with van der Waals surface area (Å²) in [5.74, 6) is -1.23. The molecule has 2 N–H and O–H groups in total. The first-order valence-corrected chi connectivity index (χ1v) is 7.66. The lowest BCUT2D eigenvalue weighted by Gasteiger charge is -2.23. The largest absolute Gasteiger partial charge is 0.334 e. The predicted octanol–water partition coefficient (Wildman–Crippen LogP) is 3.62. The van der Waals surface area contributed by atoms with Crippen molar-refractivity contribution in [2.24, 2.45) is 5.73 Å². The lowest BCUT2D eigenvalue weighted by molar-refractivity contribution is 0.0736. The van der Waals surface area contributed by atoms with Crippen molar-refractivity contribution in [1.29, 1.82) is 0 Å². The van der Waals surface area contributed by atoms with Crippen LogP contribution in [0.4, 0.5) is 8.78 Å². The molecule has 1 unspecified atom stereocenters. The van der Waals surface area contributed by atoms with Crippen LogP contribution >= 0.6 is 12.4 Å². The minimum atomic E-state index is -0.570. The van der Waals surface area contributed by atoms with Crippen LogP contribution < -0.4 is 5.73 Å². The summed E-state index contributed by atoms with van der Waals surface area (Å²) in [5.41, 5.74) is 7.03. The molecule has 1 heterocycles. The maximum absolute atomic E-state index is 14.4. The molecule has 3 rings (SSSR count). The minimum Gasteiger partial charge on any atom is -0.334 e. The van der Waals surface area contributed by atoms with Gasteiger partial charge in [0.25, 0.3) is 5.91 Å². The number of halogens is 3. The molecule has 1 saturated heterocycles. The number of benzene rings is 2. The van der Waals surface area contributed by atoms with Crippen molar-refractivity contribution in [2.45, 2.75) is 18.9 Å². The van der Waals surface area contributed by atoms with Crippen LogP contribution in [0.2, 0.25) is 0 Å². The molecule has 6 heteroatoms. The van der Waals surface area contributed by atoms with E-state index in [1.54, 1.807) is 23.1 Å². The van der Waals surface area contributed by atoms with Gasteiger partial charge in [-0.15, -0.1) is 12.4 Å². The molecular formula is C18H19ClF2N2O. The summed E-state index contributed by atoms with van der Waals surface area (Å²) in [4.78, 5) is 14.2. The SMILES string of the molecule is Cl.NCC1CCCN1C(=O)c1ccc(-c2ccc(F)cc2)cc1F. The Morgan fingerprint density at radius 1 is 1.12 bits per heavy atom. The summed E-state index contributed by atoms with van der Waals surface area (Å²) in [6.07, 6.45) is 1.75. The molecule has 0 bridgehead atoms. The average molecular weight is 353 g/mol. The van der Waals surface area contributed by atoms with Gasteiger partial charge >= 0.3 is 0 Å². The number of carbonyl (C=O) groups is 1. The molecule has 0 radical (unpaired) electrons. The van der Waals surface area contributed by atoms with E-state index in [9.17, 15) is 13.6 Å². The summed E-state index contributed by atoms with van der Waals surface area (Å²) >= 11 is 0. The van der Waals surface area contributed by atoms with Crippen LogP contribution in [0.1, 0.15) is 23.2 Å². The summed E-state index contributed by atoms with van der Waals surface area (Å²) in [7, 11) is 0. The lowest BCUT2D eigenvalue weighted by Crippen LogP contribution is -2.40. The van der Waals surface area contributed by atoms with Crippen LogP contribution in [-0.2, 0) is 0 Å². The molecule has 3 nitrogen and oxygen atoms in total. The third-order valence-corrected chi connectivity index (χ3v) is 4.29. The molecule has 1 aliphatic rings. The van der Waals surface area contributed by atoms with E-state index in [2.05, 4.69) is 0 Å². The molecule has 1 atom stereocenters. The van der Waals surface area contributed by atoms with Crippen LogP contribution in [0.3, 0.4) is 0 Å². The van der Waals surface area contributed by atoms with Crippen molar-refractivity contribution < 1.29 is 13.6 Å². The Morgan fingerprint density at radius 3 is 2.42 bits per heavy atom. The number of nitrogens with zero attached hydrogens (tertiary/aromatic N) is 1. The van der Waals surface area contributed by atoms with Crippen LogP contribution in [0, 0.1) is 11.6 Å². The van der Waals surface area contributed by atoms with E-state index in [0.717, 1.165) is 12.8 Å². The smallest absolute Gasteiger partial charge is 0.257 e. The number of rotatable bonds is 3. The lowest BCUT2D eigenvalue weighted by atomic mass is 10.0. The zero-order chi connectivity index (χ0) is 16.4. The Balaban J connectivity index is 0.00000208. The van der Waals surface area contributed by atoms with E-state index in [1.165, 1.54) is 24.3 Å². The fraction of sp³-hybridized carbons (Fsp3) is 0.278. The van der Waals surface area contributed by atoms with E-state index in [0.29, 0.717) is 24.2 Å². The molecule has 0 aromatic heterocycles. The Hall–Kier alpha value is -1.98. The number of amides is 1. The van der Waals surface area contributed by atoms with Gasteiger partial charge in [-0.3, -0.25) is 4.79 Å². The van der Waals surface area contributed by atoms with Crippen molar-refractivity contribution in [3.63, 3.8) is 0 Å². The van der Waals surface area contributed by atoms with Gasteiger partial charge in [0.2, 0.25) is 0 Å². The normalized spacial score (nSPS) is 16.8. The van der Waals surface area contributed by atoms with Crippen molar-refractivity contribution in [2.75, 3.05) is 13.1 Å². The van der Waals surface area contributed by atoms with E-state index in [-0.39, 0.29) is 35.7 Å². The number of hydrogen-bond donors (Lipinski definition) is 1. The Morgan fingerprint density at radius 2 is 1.79 bits per heavy atom. The Labute approximate surface area is 145 Å². The fourth-order valence-corrected chi connectivity index (χ4v) is 3.01. The number of likely N-dealkylation sites (tertiary alicyclic amines) is 1. The molecule has 2 aromatic rings. The van der Waals surface area contributed by atoms with Crippen LogP contribution in [0.15, 0.2) is 42.5 Å². The summed E-state index contributed by atoms with van der Waals surface area (Å²) in [6.45, 7) is 1.00. The van der Waals surface area contributed by atoms with Gasteiger partial charge in [-0.05, 0) is 48.2 Å². The highest BCUT2D eigenvalue weighted by molar-refractivity contribution is 5.95. The maximum atomic E-state index is 14.4. The van der Waals surface area contributed by atoms with Crippen LogP contribution in [0.25, 0.3) is 11.1 Å². The fourth-order valence-electron chi connectivity index (χ4n) is 3.01.